The fourth-order valence-corrected chi connectivity index (χ4v) is 3.77. The van der Waals surface area contributed by atoms with Gasteiger partial charge >= 0.3 is 12.1 Å². The Kier molecular flexibility index (Phi) is 8.74. The standard InChI is InChI=1S/C21H22ClF3NO7P/c1-5-12-8-15(26(28)29)18(34(30)32-11-31-19(27)20(2,3)4)10-17(12)33-16-7-6-13(9-14(16)22)21(23,24)25/h6-10,34H,5,11H2,1-4H3. The summed E-state index contributed by atoms with van der Waals surface area (Å²) in [5, 5.41) is 10.9. The number of aryl methyl sites for hydroxylation is 1. The van der Waals surface area contributed by atoms with Gasteiger partial charge in [0.2, 0.25) is 8.03 Å². The van der Waals surface area contributed by atoms with E-state index in [9.17, 15) is 32.6 Å². The maximum Gasteiger partial charge on any atom is 0.416 e. The minimum absolute atomic E-state index is 0.00149. The van der Waals surface area contributed by atoms with E-state index in [0.717, 1.165) is 24.3 Å². The van der Waals surface area contributed by atoms with E-state index >= 15 is 0 Å². The van der Waals surface area contributed by atoms with Crippen LogP contribution in [0.1, 0.15) is 38.8 Å². The average Bonchev–Trinajstić information content (AvgIpc) is 2.72. The molecule has 0 aliphatic heterocycles. The number of hydrogen-bond donors (Lipinski definition) is 0. The van der Waals surface area contributed by atoms with Crippen LogP contribution in [0.5, 0.6) is 11.5 Å². The number of esters is 1. The molecule has 0 radical (unpaired) electrons. The number of alkyl halides is 3. The van der Waals surface area contributed by atoms with Crippen molar-refractivity contribution in [3.63, 3.8) is 0 Å². The fourth-order valence-electron chi connectivity index (χ4n) is 2.61. The highest BCUT2D eigenvalue weighted by atomic mass is 35.5. The van der Waals surface area contributed by atoms with Crippen LogP contribution in [-0.2, 0) is 31.2 Å². The van der Waals surface area contributed by atoms with Crippen molar-refractivity contribution in [3.05, 3.63) is 56.6 Å². The molecule has 0 amide bonds. The molecule has 2 aromatic carbocycles. The van der Waals surface area contributed by atoms with Crippen LogP contribution in [-0.4, -0.2) is 17.7 Å². The number of halogens is 4. The number of carbonyl (C=O) groups is 1. The molecule has 0 bridgehead atoms. The van der Waals surface area contributed by atoms with Crippen LogP contribution in [0.2, 0.25) is 5.02 Å². The molecular formula is C21H22ClF3NO7P. The number of nitrogens with zero attached hydrogens (tertiary/aromatic N) is 1. The molecule has 8 nitrogen and oxygen atoms in total. The van der Waals surface area contributed by atoms with E-state index in [1.807, 2.05) is 0 Å². The van der Waals surface area contributed by atoms with Crippen LogP contribution >= 0.6 is 19.6 Å². The zero-order chi connectivity index (χ0) is 25.8. The first-order chi connectivity index (χ1) is 15.6. The Morgan fingerprint density at radius 2 is 1.79 bits per heavy atom. The first-order valence-electron chi connectivity index (χ1n) is 9.85. The first kappa shape index (κ1) is 27.6. The van der Waals surface area contributed by atoms with Crippen molar-refractivity contribution in [2.75, 3.05) is 6.79 Å². The zero-order valence-electron chi connectivity index (χ0n) is 18.6. The molecule has 1 unspecified atom stereocenters. The van der Waals surface area contributed by atoms with Gasteiger partial charge in [-0.25, -0.2) is 0 Å². The van der Waals surface area contributed by atoms with Crippen LogP contribution in [0.3, 0.4) is 0 Å². The second-order valence-electron chi connectivity index (χ2n) is 8.06. The molecule has 0 saturated heterocycles. The maximum atomic E-state index is 12.9. The highest BCUT2D eigenvalue weighted by Gasteiger charge is 2.31. The first-order valence-corrected chi connectivity index (χ1v) is 11.5. The Labute approximate surface area is 199 Å². The number of nitro groups is 1. The molecule has 2 aromatic rings. The Hall–Kier alpha value is -2.62. The lowest BCUT2D eigenvalue weighted by Crippen LogP contribution is -2.23. The van der Waals surface area contributed by atoms with Gasteiger partial charge in [-0.15, -0.1) is 0 Å². The molecule has 34 heavy (non-hydrogen) atoms. The second kappa shape index (κ2) is 10.8. The van der Waals surface area contributed by atoms with Gasteiger partial charge in [-0.3, -0.25) is 24.0 Å². The second-order valence-corrected chi connectivity index (χ2v) is 9.87. The van der Waals surface area contributed by atoms with Gasteiger partial charge < -0.3 is 9.47 Å². The molecular weight excluding hydrogens is 502 g/mol. The summed E-state index contributed by atoms with van der Waals surface area (Å²) in [4.78, 5) is 22.6. The molecule has 1 atom stereocenters. The molecule has 186 valence electrons. The molecule has 13 heteroatoms. The van der Waals surface area contributed by atoms with Crippen LogP contribution in [0.4, 0.5) is 18.9 Å². The van der Waals surface area contributed by atoms with Gasteiger partial charge in [0, 0.05) is 17.7 Å². The summed E-state index contributed by atoms with van der Waals surface area (Å²) in [6.07, 6.45) is -4.36. The Bertz CT molecular complexity index is 1120. The van der Waals surface area contributed by atoms with Crippen LogP contribution in [0.15, 0.2) is 30.3 Å². The third-order valence-corrected chi connectivity index (χ3v) is 5.96. The summed E-state index contributed by atoms with van der Waals surface area (Å²) in [6.45, 7) is 5.78. The molecule has 0 fully saturated rings. The lowest BCUT2D eigenvalue weighted by atomic mass is 9.98. The van der Waals surface area contributed by atoms with Crippen molar-refractivity contribution in [2.24, 2.45) is 5.41 Å². The number of ether oxygens (including phenoxy) is 2. The molecule has 0 spiro atoms. The van der Waals surface area contributed by atoms with Crippen molar-refractivity contribution < 1.29 is 41.5 Å². The predicted molar refractivity (Wildman–Crippen MR) is 119 cm³/mol. The average molecular weight is 524 g/mol. The molecule has 0 aliphatic rings. The Morgan fingerprint density at radius 1 is 1.15 bits per heavy atom. The smallest absolute Gasteiger partial charge is 0.416 e. The minimum atomic E-state index is -4.61. The van der Waals surface area contributed by atoms with E-state index in [0.29, 0.717) is 11.6 Å². The van der Waals surface area contributed by atoms with Gasteiger partial charge in [-0.1, -0.05) is 18.5 Å². The molecule has 0 N–H and O–H groups in total. The summed E-state index contributed by atoms with van der Waals surface area (Å²) in [7, 11) is -3.29. The van der Waals surface area contributed by atoms with Gasteiger partial charge in [0.15, 0.2) is 6.79 Å². The number of carbonyl (C=O) groups excluding carboxylic acids is 1. The van der Waals surface area contributed by atoms with Crippen LogP contribution in [0.25, 0.3) is 0 Å². The van der Waals surface area contributed by atoms with Crippen LogP contribution in [0, 0.1) is 15.5 Å². The molecule has 0 heterocycles. The van der Waals surface area contributed by atoms with E-state index in [1.165, 1.54) is 0 Å². The predicted octanol–water partition coefficient (Wildman–Crippen LogP) is 6.29. The van der Waals surface area contributed by atoms with Crippen LogP contribution < -0.4 is 10.0 Å². The largest absolute Gasteiger partial charge is 0.455 e. The number of nitro benzene ring substituents is 1. The summed E-state index contributed by atoms with van der Waals surface area (Å²) >= 11 is 5.94. The summed E-state index contributed by atoms with van der Waals surface area (Å²) in [5.74, 6) is -0.763. The lowest BCUT2D eigenvalue weighted by Gasteiger charge is -2.17. The number of hydrogen-bond acceptors (Lipinski definition) is 7. The highest BCUT2D eigenvalue weighted by molar-refractivity contribution is 7.48. The molecule has 0 aromatic heterocycles. The van der Waals surface area contributed by atoms with E-state index in [1.54, 1.807) is 27.7 Å². The maximum absolute atomic E-state index is 12.9. The third-order valence-electron chi connectivity index (χ3n) is 4.45. The molecule has 2 rings (SSSR count). The lowest BCUT2D eigenvalue weighted by molar-refractivity contribution is -0.383. The summed E-state index contributed by atoms with van der Waals surface area (Å²) in [6, 6.07) is 4.71. The van der Waals surface area contributed by atoms with Gasteiger partial charge in [0.25, 0.3) is 5.69 Å². The monoisotopic (exact) mass is 523 g/mol. The van der Waals surface area contributed by atoms with Crippen molar-refractivity contribution in [2.45, 2.75) is 40.3 Å². The summed E-state index contributed by atoms with van der Waals surface area (Å²) in [5.41, 5.74) is -2.00. The quantitative estimate of drug-likeness (QED) is 0.132. The van der Waals surface area contributed by atoms with Crippen molar-refractivity contribution in [1.29, 1.82) is 0 Å². The van der Waals surface area contributed by atoms with Gasteiger partial charge in [-0.05, 0) is 45.4 Å². The number of benzene rings is 2. The van der Waals surface area contributed by atoms with Crippen molar-refractivity contribution >= 4 is 36.6 Å². The topological polar surface area (TPSA) is 105 Å². The van der Waals surface area contributed by atoms with Crippen molar-refractivity contribution in [3.8, 4) is 11.5 Å². The van der Waals surface area contributed by atoms with Gasteiger partial charge in [0.05, 0.1) is 20.9 Å². The molecule has 0 saturated carbocycles. The van der Waals surface area contributed by atoms with Gasteiger partial charge in [0.1, 0.15) is 16.8 Å². The Balaban J connectivity index is 2.37. The molecule has 0 aliphatic carbocycles. The van der Waals surface area contributed by atoms with Crippen molar-refractivity contribution in [1.82, 2.24) is 0 Å². The SMILES string of the molecule is CCc1cc([N+](=O)[O-])c([PH](=O)OCOC(=O)C(C)(C)C)cc1Oc1ccc(C(F)(F)F)cc1Cl. The van der Waals surface area contributed by atoms with Gasteiger partial charge in [-0.2, -0.15) is 13.2 Å². The van der Waals surface area contributed by atoms with E-state index in [2.05, 4.69) is 0 Å². The van der Waals surface area contributed by atoms with E-state index < -0.39 is 48.6 Å². The minimum Gasteiger partial charge on any atom is -0.455 e. The number of rotatable bonds is 8. The third kappa shape index (κ3) is 6.94. The fraction of sp³-hybridized carbons (Fsp3) is 0.381. The van der Waals surface area contributed by atoms with E-state index in [4.69, 9.17) is 25.6 Å². The highest BCUT2D eigenvalue weighted by Crippen LogP contribution is 2.39. The zero-order valence-corrected chi connectivity index (χ0v) is 20.4. The normalized spacial score (nSPS) is 12.8. The summed E-state index contributed by atoms with van der Waals surface area (Å²) < 4.78 is 66.9. The van der Waals surface area contributed by atoms with E-state index in [-0.39, 0.29) is 28.2 Å². The Morgan fingerprint density at radius 3 is 2.29 bits per heavy atom.